The number of nitrogens with zero attached hydrogens (tertiary/aromatic N) is 3. The van der Waals surface area contributed by atoms with Gasteiger partial charge in [0.05, 0.1) is 30.5 Å². The lowest BCUT2D eigenvalue weighted by Gasteiger charge is -2.43. The summed E-state index contributed by atoms with van der Waals surface area (Å²) in [5.41, 5.74) is 0.583. The van der Waals surface area contributed by atoms with Crippen LogP contribution in [0.5, 0.6) is 0 Å². The van der Waals surface area contributed by atoms with E-state index in [2.05, 4.69) is 5.10 Å². The third kappa shape index (κ3) is 2.71. The minimum Gasteiger partial charge on any atom is -0.374 e. The second kappa shape index (κ2) is 6.36. The fraction of sp³-hybridized carbons (Fsp3) is 0.500. The summed E-state index contributed by atoms with van der Waals surface area (Å²) >= 11 is 0. The Hall–Kier alpha value is -2.21. The predicted molar refractivity (Wildman–Crippen MR) is 89.7 cm³/mol. The van der Waals surface area contributed by atoms with E-state index in [1.807, 2.05) is 23.1 Å². The van der Waals surface area contributed by atoms with Gasteiger partial charge in [-0.1, -0.05) is 25.0 Å². The Morgan fingerprint density at radius 3 is 3.00 bits per heavy atom. The van der Waals surface area contributed by atoms with E-state index in [1.165, 1.54) is 12.6 Å². The summed E-state index contributed by atoms with van der Waals surface area (Å²) in [6.45, 7) is 1.40. The van der Waals surface area contributed by atoms with Gasteiger partial charge in [0.15, 0.2) is 0 Å². The maximum Gasteiger partial charge on any atom is 0.244 e. The molecule has 2 aliphatic rings. The molecule has 6 heteroatoms. The third-order valence-electron chi connectivity index (χ3n) is 5.10. The van der Waals surface area contributed by atoms with Gasteiger partial charge >= 0.3 is 0 Å². The largest absolute Gasteiger partial charge is 0.374 e. The summed E-state index contributed by atoms with van der Waals surface area (Å²) in [6.07, 6.45) is 5.83. The molecule has 1 saturated heterocycles. The van der Waals surface area contributed by atoms with E-state index in [0.717, 1.165) is 19.3 Å². The SMILES string of the molecule is O=C(Cn1ncc(=O)c2ccccc21)N1CCO[C@H]2CCCC[C@@H]21. The number of amides is 1. The van der Waals surface area contributed by atoms with Crippen LogP contribution in [0.4, 0.5) is 0 Å². The molecule has 0 N–H and O–H groups in total. The number of rotatable bonds is 2. The minimum absolute atomic E-state index is 0.0523. The highest BCUT2D eigenvalue weighted by molar-refractivity contribution is 5.81. The van der Waals surface area contributed by atoms with Gasteiger partial charge < -0.3 is 9.64 Å². The van der Waals surface area contributed by atoms with Gasteiger partial charge in [0.2, 0.25) is 11.3 Å². The van der Waals surface area contributed by atoms with E-state index in [0.29, 0.717) is 24.1 Å². The quantitative estimate of drug-likeness (QED) is 0.840. The summed E-state index contributed by atoms with van der Waals surface area (Å²) in [7, 11) is 0. The number of para-hydroxylation sites is 1. The number of benzene rings is 1. The van der Waals surface area contributed by atoms with Crippen LogP contribution in [0.3, 0.4) is 0 Å². The number of hydrogen-bond donors (Lipinski definition) is 0. The van der Waals surface area contributed by atoms with E-state index in [4.69, 9.17) is 4.74 Å². The summed E-state index contributed by atoms with van der Waals surface area (Å²) in [4.78, 5) is 26.8. The number of fused-ring (bicyclic) bond motifs is 2. The highest BCUT2D eigenvalue weighted by Gasteiger charge is 2.36. The maximum absolute atomic E-state index is 12.9. The molecule has 1 aromatic carbocycles. The van der Waals surface area contributed by atoms with Gasteiger partial charge in [-0.15, -0.1) is 0 Å². The zero-order valence-corrected chi connectivity index (χ0v) is 13.6. The highest BCUT2D eigenvalue weighted by atomic mass is 16.5. The number of aromatic nitrogens is 2. The van der Waals surface area contributed by atoms with Crippen molar-refractivity contribution in [3.8, 4) is 0 Å². The molecule has 1 aliphatic carbocycles. The van der Waals surface area contributed by atoms with Gasteiger partial charge in [0.25, 0.3) is 0 Å². The molecule has 0 spiro atoms. The van der Waals surface area contributed by atoms with Crippen LogP contribution in [-0.4, -0.2) is 45.9 Å². The molecule has 24 heavy (non-hydrogen) atoms. The second-order valence-corrected chi connectivity index (χ2v) is 6.53. The first kappa shape index (κ1) is 15.3. The third-order valence-corrected chi connectivity index (χ3v) is 5.10. The lowest BCUT2D eigenvalue weighted by molar-refractivity contribution is -0.150. The minimum atomic E-state index is -0.118. The second-order valence-electron chi connectivity index (χ2n) is 6.53. The van der Waals surface area contributed by atoms with Crippen LogP contribution >= 0.6 is 0 Å². The fourth-order valence-corrected chi connectivity index (χ4v) is 3.91. The molecule has 4 rings (SSSR count). The Kier molecular flexibility index (Phi) is 4.06. The Bertz CT molecular complexity index is 815. The Morgan fingerprint density at radius 1 is 1.25 bits per heavy atom. The summed E-state index contributed by atoms with van der Waals surface area (Å²) in [5, 5.41) is 4.77. The molecule has 1 aromatic heterocycles. The standard InChI is InChI=1S/C18H21N3O3/c22-16-11-19-21(14-6-2-1-5-13(14)16)12-18(23)20-9-10-24-17-8-4-3-7-15(17)20/h1-2,5-6,11,15,17H,3-4,7-10,12H2/t15-,17-/m0/s1. The normalized spacial score (nSPS) is 23.9. The zero-order valence-electron chi connectivity index (χ0n) is 13.6. The van der Waals surface area contributed by atoms with E-state index < -0.39 is 0 Å². The molecular formula is C18H21N3O3. The van der Waals surface area contributed by atoms with Crippen LogP contribution in [0, 0.1) is 0 Å². The molecule has 0 radical (unpaired) electrons. The molecule has 0 unspecified atom stereocenters. The fourth-order valence-electron chi connectivity index (χ4n) is 3.91. The van der Waals surface area contributed by atoms with Crippen molar-refractivity contribution in [3.63, 3.8) is 0 Å². The van der Waals surface area contributed by atoms with E-state index >= 15 is 0 Å². The zero-order chi connectivity index (χ0) is 16.5. The Balaban J connectivity index is 1.60. The van der Waals surface area contributed by atoms with Gasteiger partial charge in [-0.2, -0.15) is 5.10 Å². The first-order chi connectivity index (χ1) is 11.7. The molecule has 2 heterocycles. The summed E-state index contributed by atoms with van der Waals surface area (Å²) in [5.74, 6) is 0.0523. The number of morpholine rings is 1. The van der Waals surface area contributed by atoms with Crippen molar-refractivity contribution in [2.24, 2.45) is 0 Å². The number of carbonyl (C=O) groups excluding carboxylic acids is 1. The van der Waals surface area contributed by atoms with Gasteiger partial charge in [-0.25, -0.2) is 0 Å². The molecule has 6 nitrogen and oxygen atoms in total. The molecule has 0 bridgehead atoms. The Labute approximate surface area is 140 Å². The molecule has 1 saturated carbocycles. The predicted octanol–water partition coefficient (Wildman–Crippen LogP) is 1.57. The molecule has 126 valence electrons. The first-order valence-electron chi connectivity index (χ1n) is 8.60. The lowest BCUT2D eigenvalue weighted by atomic mass is 9.90. The van der Waals surface area contributed by atoms with Gasteiger partial charge in [0, 0.05) is 11.9 Å². The smallest absolute Gasteiger partial charge is 0.244 e. The average molecular weight is 327 g/mol. The van der Waals surface area contributed by atoms with Crippen LogP contribution in [0.25, 0.3) is 10.9 Å². The van der Waals surface area contributed by atoms with E-state index in [-0.39, 0.29) is 30.0 Å². The van der Waals surface area contributed by atoms with Gasteiger partial charge in [-0.05, 0) is 25.0 Å². The highest BCUT2D eigenvalue weighted by Crippen LogP contribution is 2.28. The van der Waals surface area contributed by atoms with Gasteiger partial charge in [0.1, 0.15) is 6.54 Å². The van der Waals surface area contributed by atoms with Gasteiger partial charge in [-0.3, -0.25) is 14.3 Å². The number of hydrogen-bond acceptors (Lipinski definition) is 4. The van der Waals surface area contributed by atoms with Crippen LogP contribution in [0.2, 0.25) is 0 Å². The van der Waals surface area contributed by atoms with Crippen molar-refractivity contribution in [2.75, 3.05) is 13.2 Å². The van der Waals surface area contributed by atoms with Crippen molar-refractivity contribution in [1.29, 1.82) is 0 Å². The molecule has 2 atom stereocenters. The van der Waals surface area contributed by atoms with E-state index in [9.17, 15) is 9.59 Å². The first-order valence-corrected chi connectivity index (χ1v) is 8.60. The van der Waals surface area contributed by atoms with Crippen LogP contribution in [0.15, 0.2) is 35.3 Å². The molecule has 1 aliphatic heterocycles. The molecule has 1 amide bonds. The Morgan fingerprint density at radius 2 is 2.08 bits per heavy atom. The van der Waals surface area contributed by atoms with Crippen molar-refractivity contribution < 1.29 is 9.53 Å². The van der Waals surface area contributed by atoms with Crippen molar-refractivity contribution in [3.05, 3.63) is 40.7 Å². The molecule has 2 aromatic rings. The number of ether oxygens (including phenoxy) is 1. The number of carbonyl (C=O) groups is 1. The molecular weight excluding hydrogens is 306 g/mol. The van der Waals surface area contributed by atoms with Crippen LogP contribution in [0.1, 0.15) is 25.7 Å². The summed E-state index contributed by atoms with van der Waals surface area (Å²) < 4.78 is 7.47. The van der Waals surface area contributed by atoms with Crippen molar-refractivity contribution in [1.82, 2.24) is 14.7 Å². The van der Waals surface area contributed by atoms with Crippen LogP contribution in [-0.2, 0) is 16.1 Å². The monoisotopic (exact) mass is 327 g/mol. The summed E-state index contributed by atoms with van der Waals surface area (Å²) in [6, 6.07) is 7.47. The maximum atomic E-state index is 12.9. The van der Waals surface area contributed by atoms with E-state index in [1.54, 1.807) is 10.7 Å². The topological polar surface area (TPSA) is 64.4 Å². The van der Waals surface area contributed by atoms with Crippen LogP contribution < -0.4 is 5.43 Å². The van der Waals surface area contributed by atoms with Crippen molar-refractivity contribution in [2.45, 2.75) is 44.4 Å². The molecule has 2 fully saturated rings. The lowest BCUT2D eigenvalue weighted by Crippen LogP contribution is -2.55. The van der Waals surface area contributed by atoms with Crippen molar-refractivity contribution >= 4 is 16.8 Å². The average Bonchev–Trinajstić information content (AvgIpc) is 2.64.